The zero-order chi connectivity index (χ0) is 28.1. The van der Waals surface area contributed by atoms with E-state index in [2.05, 4.69) is 20.8 Å². The second-order valence-electron chi connectivity index (χ2n) is 11.4. The van der Waals surface area contributed by atoms with Crippen molar-refractivity contribution in [3.63, 3.8) is 0 Å². The van der Waals surface area contributed by atoms with Crippen LogP contribution in [0, 0.1) is 118 Å². The number of rotatable bonds is 0. The van der Waals surface area contributed by atoms with Gasteiger partial charge in [-0.3, -0.25) is 24.0 Å². The van der Waals surface area contributed by atoms with E-state index in [0.29, 0.717) is 48.1 Å². The maximum Gasteiger partial charge on any atom is 0.158 e. The third kappa shape index (κ3) is 19.4. The minimum atomic E-state index is -0.507. The number of ketones is 5. The van der Waals surface area contributed by atoms with Gasteiger partial charge in [0.05, 0.1) is 12.2 Å². The molecule has 9 heteroatoms. The van der Waals surface area contributed by atoms with Crippen LogP contribution >= 0.6 is 0 Å². The van der Waals surface area contributed by atoms with Crippen LogP contribution in [0.4, 0.5) is 0 Å². The van der Waals surface area contributed by atoms with Crippen molar-refractivity contribution in [2.24, 2.45) is 29.6 Å². The van der Waals surface area contributed by atoms with E-state index in [1.165, 1.54) is 12.2 Å². The number of carbonyl (C=O) groups is 5. The Hall–Kier alpha value is 0.633. The van der Waals surface area contributed by atoms with Crippen LogP contribution < -0.4 is 0 Å². The summed E-state index contributed by atoms with van der Waals surface area (Å²) < 4.78 is 0. The summed E-state index contributed by atoms with van der Waals surface area (Å²) in [7, 11) is 0. The van der Waals surface area contributed by atoms with Crippen LogP contribution in [0.15, 0.2) is 24.3 Å². The van der Waals surface area contributed by atoms with Crippen molar-refractivity contribution in [1.82, 2.24) is 0 Å². The molecule has 0 heterocycles. The predicted octanol–water partition coefficient (Wildman–Crippen LogP) is 4.37. The molecule has 214 valence electrons. The maximum absolute atomic E-state index is 10.7. The van der Waals surface area contributed by atoms with E-state index >= 15 is 0 Å². The first kappa shape index (κ1) is 41.8. The molecule has 7 nitrogen and oxygen atoms in total. The molecule has 5 rings (SSSR count). The molecule has 5 aliphatic rings. The van der Waals surface area contributed by atoms with Crippen molar-refractivity contribution >= 4 is 28.9 Å². The Bertz CT molecular complexity index is 785. The van der Waals surface area contributed by atoms with Gasteiger partial charge in [-0.05, 0) is 48.2 Å². The average Bonchev–Trinajstić information content (AvgIpc) is 3.59. The number of Topliss-reactive ketones (excluding diaryl/α,β-unsaturated/α-hetero) is 3. The van der Waals surface area contributed by atoms with Crippen LogP contribution in [0.3, 0.4) is 0 Å². The topological polar surface area (TPSA) is 126 Å². The molecule has 0 amide bonds. The molecular weight excluding hydrogens is 926 g/mol. The molecule has 7 atom stereocenters. The molecule has 0 aromatic carbocycles. The van der Waals surface area contributed by atoms with Gasteiger partial charge in [-0.1, -0.05) is 46.8 Å². The van der Waals surface area contributed by atoms with Gasteiger partial charge in [-0.2, -0.15) is 0 Å². The van der Waals surface area contributed by atoms with Gasteiger partial charge >= 0.3 is 0 Å². The zero-order valence-electron chi connectivity index (χ0n) is 24.3. The summed E-state index contributed by atoms with van der Waals surface area (Å²) in [6.45, 7) is 10.4. The van der Waals surface area contributed by atoms with Crippen molar-refractivity contribution in [3.05, 3.63) is 24.3 Å². The molecule has 3 fully saturated rings. The van der Waals surface area contributed by atoms with Gasteiger partial charge in [0.1, 0.15) is 17.3 Å². The smallest absolute Gasteiger partial charge is 0.158 e. The summed E-state index contributed by atoms with van der Waals surface area (Å²) in [6, 6.07) is 0. The van der Waals surface area contributed by atoms with Crippen molar-refractivity contribution < 1.29 is 122 Å². The number of hydrogen-bond acceptors (Lipinski definition) is 7. The molecule has 0 unspecified atom stereocenters. The standard InChI is InChI=1S/C7H12O.C6H10O2.C6H10O.C6H8O.C5H6O2.2Ac/c1-5-3-7(8)4-6(5)2;1-4-2-5(7)3-6(4)8;2*1-5-2-3-6(7)4-5;6-4-1-2-5(7)3-4;;/h5-6H,3-4H2,1-2H3;4,6,8H,2-3H2,1H3;5H,2-4H2,1H3;2-3,5H,4H2,1H3;1-2,4,6H,3H2;;/t5-,6-;4-,6-;2*5-;4-;;/m11000../s1. The molecule has 0 aromatic heterocycles. The van der Waals surface area contributed by atoms with Crippen molar-refractivity contribution in [2.75, 3.05) is 0 Å². The molecular formula is C30H46Ac2O7. The quantitative estimate of drug-likeness (QED) is 0.370. The summed E-state index contributed by atoms with van der Waals surface area (Å²) in [5.41, 5.74) is 0. The minimum absolute atomic E-state index is 0. The number of carbonyl (C=O) groups excluding carboxylic acids is 5. The van der Waals surface area contributed by atoms with E-state index in [0.717, 1.165) is 38.5 Å². The predicted molar refractivity (Wildman–Crippen MR) is 143 cm³/mol. The van der Waals surface area contributed by atoms with Crippen LogP contribution in [0.2, 0.25) is 0 Å². The molecule has 2 radical (unpaired) electrons. The van der Waals surface area contributed by atoms with Crippen LogP contribution in [-0.4, -0.2) is 51.3 Å². The Morgan fingerprint density at radius 1 is 0.590 bits per heavy atom. The summed E-state index contributed by atoms with van der Waals surface area (Å²) in [4.78, 5) is 52.2. The summed E-state index contributed by atoms with van der Waals surface area (Å²) in [5.74, 6) is 4.04. The van der Waals surface area contributed by atoms with Crippen LogP contribution in [0.1, 0.15) is 92.4 Å². The Kier molecular flexibility index (Phi) is 23.8. The molecule has 39 heavy (non-hydrogen) atoms. The van der Waals surface area contributed by atoms with E-state index in [-0.39, 0.29) is 124 Å². The maximum atomic E-state index is 10.7. The normalized spacial score (nSPS) is 32.0. The van der Waals surface area contributed by atoms with Gasteiger partial charge in [-0.25, -0.2) is 0 Å². The zero-order valence-corrected chi connectivity index (χ0v) is 33.8. The molecule has 0 aliphatic heterocycles. The monoisotopic (exact) mass is 972 g/mol. The first-order chi connectivity index (χ1) is 17.3. The second kappa shape index (κ2) is 22.2. The number of hydrogen-bond donors (Lipinski definition) is 2. The van der Waals surface area contributed by atoms with E-state index in [1.54, 1.807) is 6.08 Å². The second-order valence-corrected chi connectivity index (χ2v) is 11.4. The van der Waals surface area contributed by atoms with Crippen LogP contribution in [0.25, 0.3) is 0 Å². The van der Waals surface area contributed by atoms with Crippen molar-refractivity contribution in [2.45, 2.75) is 105 Å². The Balaban J connectivity index is 0. The Morgan fingerprint density at radius 3 is 1.21 bits per heavy atom. The molecule has 2 N–H and O–H groups in total. The SMILES string of the molecule is C[C@@H]1CC(=O)C[C@H]1C.C[C@@H]1CC(=O)C[C@H]1O.C[C@H]1C=CC(=O)C1.C[C@H]1CCC(=O)C1.O=C1C=C[C@H](O)C1.[Ac].[Ac]. The van der Waals surface area contributed by atoms with E-state index in [9.17, 15) is 24.0 Å². The first-order valence-corrected chi connectivity index (χ1v) is 13.6. The van der Waals surface area contributed by atoms with Gasteiger partial charge in [0.15, 0.2) is 11.6 Å². The van der Waals surface area contributed by atoms with Gasteiger partial charge < -0.3 is 10.2 Å². The fourth-order valence-corrected chi connectivity index (χ4v) is 4.50. The number of aliphatic hydroxyl groups excluding tert-OH is 2. The summed E-state index contributed by atoms with van der Waals surface area (Å²) in [5, 5.41) is 17.5. The van der Waals surface area contributed by atoms with E-state index in [4.69, 9.17) is 10.2 Å². The van der Waals surface area contributed by atoms with Gasteiger partial charge in [0.2, 0.25) is 0 Å². The molecule has 3 saturated carbocycles. The molecule has 5 aliphatic carbocycles. The Labute approximate surface area is 305 Å². The molecule has 0 bridgehead atoms. The Morgan fingerprint density at radius 2 is 1.08 bits per heavy atom. The fraction of sp³-hybridized carbons (Fsp3) is 0.700. The van der Waals surface area contributed by atoms with Gasteiger partial charge in [-0.15, -0.1) is 0 Å². The van der Waals surface area contributed by atoms with Gasteiger partial charge in [0, 0.05) is 139 Å². The molecule has 0 saturated heterocycles. The van der Waals surface area contributed by atoms with Crippen LogP contribution in [-0.2, 0) is 24.0 Å². The van der Waals surface area contributed by atoms with E-state index in [1.807, 2.05) is 19.9 Å². The number of aliphatic hydroxyl groups is 2. The third-order valence-corrected chi connectivity index (χ3v) is 7.25. The molecule has 0 spiro atoms. The van der Waals surface area contributed by atoms with E-state index < -0.39 is 6.10 Å². The van der Waals surface area contributed by atoms with Crippen LogP contribution in [0.5, 0.6) is 0 Å². The average molecular weight is 973 g/mol. The number of allylic oxidation sites excluding steroid dienone is 3. The summed E-state index contributed by atoms with van der Waals surface area (Å²) >= 11 is 0. The molecule has 0 aromatic rings. The summed E-state index contributed by atoms with van der Waals surface area (Å²) in [6.07, 6.45) is 12.0. The van der Waals surface area contributed by atoms with Gasteiger partial charge in [0.25, 0.3) is 0 Å². The minimum Gasteiger partial charge on any atom is -0.392 e. The first-order valence-electron chi connectivity index (χ1n) is 13.6. The van der Waals surface area contributed by atoms with Crippen molar-refractivity contribution in [3.8, 4) is 0 Å². The largest absolute Gasteiger partial charge is 0.392 e. The third-order valence-electron chi connectivity index (χ3n) is 7.25. The fourth-order valence-electron chi connectivity index (χ4n) is 4.50. The van der Waals surface area contributed by atoms with Crippen molar-refractivity contribution in [1.29, 1.82) is 0 Å².